The van der Waals surface area contributed by atoms with Crippen molar-refractivity contribution in [3.8, 4) is 0 Å². The molecule has 1 heterocycles. The zero-order chi connectivity index (χ0) is 20.4. The van der Waals surface area contributed by atoms with Crippen LogP contribution in [0.25, 0.3) is 11.3 Å². The van der Waals surface area contributed by atoms with E-state index in [1.54, 1.807) is 12.1 Å². The van der Waals surface area contributed by atoms with Gasteiger partial charge in [0.25, 0.3) is 10.0 Å². The third-order valence-corrected chi connectivity index (χ3v) is 6.73. The Morgan fingerprint density at radius 1 is 0.862 bits per heavy atom. The molecule has 148 valence electrons. The Bertz CT molecular complexity index is 1150. The van der Waals surface area contributed by atoms with Gasteiger partial charge in [-0.15, -0.1) is 4.41 Å². The normalized spacial score (nSPS) is 15.2. The maximum absolute atomic E-state index is 13.2. The third-order valence-electron chi connectivity index (χ3n) is 4.76. The molecule has 0 atom stereocenters. The molecule has 3 aromatic rings. The second-order valence-electron chi connectivity index (χ2n) is 6.62. The van der Waals surface area contributed by atoms with Crippen molar-refractivity contribution in [1.29, 1.82) is 0 Å². The maximum atomic E-state index is 13.2. The largest absolute Gasteiger partial charge is 0.304 e. The lowest BCUT2D eigenvalue weighted by Gasteiger charge is -2.32. The highest BCUT2D eigenvalue weighted by atomic mass is 35.5. The summed E-state index contributed by atoms with van der Waals surface area (Å²) >= 11 is 6.02. The molecule has 3 aromatic carbocycles. The van der Waals surface area contributed by atoms with Crippen LogP contribution in [0.3, 0.4) is 0 Å². The molecule has 0 spiro atoms. The standard InChI is InChI=1S/C22H18ClFN2O2S/c23-18-8-6-17(7-9-18)22-21(16-4-2-1-3-5-16)14-15-26(25-22)29(27,28)20-12-10-19(24)11-13-20/h1-13,25H,14-15H2. The first-order valence-electron chi connectivity index (χ1n) is 9.04. The lowest BCUT2D eigenvalue weighted by molar-refractivity contribution is 0.366. The monoisotopic (exact) mass is 428 g/mol. The average Bonchev–Trinajstić information content (AvgIpc) is 2.75. The van der Waals surface area contributed by atoms with Crippen molar-refractivity contribution in [2.75, 3.05) is 6.54 Å². The summed E-state index contributed by atoms with van der Waals surface area (Å²) in [6, 6.07) is 21.9. The van der Waals surface area contributed by atoms with E-state index in [0.717, 1.165) is 28.8 Å². The summed E-state index contributed by atoms with van der Waals surface area (Å²) in [6.45, 7) is 0.251. The van der Waals surface area contributed by atoms with Crippen LogP contribution >= 0.6 is 11.6 Å². The number of nitrogens with one attached hydrogen (secondary N) is 1. The molecule has 0 bridgehead atoms. The Hall–Kier alpha value is -2.67. The van der Waals surface area contributed by atoms with Crippen molar-refractivity contribution < 1.29 is 12.8 Å². The Labute approximate surface area is 174 Å². The zero-order valence-corrected chi connectivity index (χ0v) is 16.9. The summed E-state index contributed by atoms with van der Waals surface area (Å²) in [5, 5.41) is 0.599. The Balaban J connectivity index is 1.77. The summed E-state index contributed by atoms with van der Waals surface area (Å²) in [5.74, 6) is -0.483. The van der Waals surface area contributed by atoms with E-state index in [-0.39, 0.29) is 11.4 Å². The molecule has 0 amide bonds. The molecule has 0 unspecified atom stereocenters. The molecular formula is C22H18ClFN2O2S. The third kappa shape index (κ3) is 4.05. The first-order chi connectivity index (χ1) is 13.9. The molecule has 1 aliphatic rings. The van der Waals surface area contributed by atoms with Gasteiger partial charge in [-0.05, 0) is 59.5 Å². The molecule has 0 fully saturated rings. The van der Waals surface area contributed by atoms with E-state index >= 15 is 0 Å². The predicted octanol–water partition coefficient (Wildman–Crippen LogP) is 4.95. The average molecular weight is 429 g/mol. The lowest BCUT2D eigenvalue weighted by Crippen LogP contribution is -2.45. The highest BCUT2D eigenvalue weighted by molar-refractivity contribution is 7.89. The zero-order valence-electron chi connectivity index (χ0n) is 15.3. The molecule has 0 saturated heterocycles. The maximum Gasteiger partial charge on any atom is 0.259 e. The minimum Gasteiger partial charge on any atom is -0.304 e. The summed E-state index contributed by atoms with van der Waals surface area (Å²) in [7, 11) is -3.84. The number of nitrogens with zero attached hydrogens (tertiary/aromatic N) is 1. The Kier molecular flexibility index (Phi) is 5.41. The van der Waals surface area contributed by atoms with Crippen molar-refractivity contribution in [3.63, 3.8) is 0 Å². The first kappa shape index (κ1) is 19.6. The number of rotatable bonds is 4. The van der Waals surface area contributed by atoms with Gasteiger partial charge in [-0.2, -0.15) is 0 Å². The van der Waals surface area contributed by atoms with Gasteiger partial charge in [-0.1, -0.05) is 54.1 Å². The molecule has 4 rings (SSSR count). The highest BCUT2D eigenvalue weighted by Crippen LogP contribution is 2.33. The summed E-state index contributed by atoms with van der Waals surface area (Å²) in [5.41, 5.74) is 6.63. The Morgan fingerprint density at radius 2 is 1.52 bits per heavy atom. The molecule has 4 nitrogen and oxygen atoms in total. The van der Waals surface area contributed by atoms with Crippen LogP contribution in [0.1, 0.15) is 17.5 Å². The van der Waals surface area contributed by atoms with E-state index in [1.807, 2.05) is 42.5 Å². The van der Waals surface area contributed by atoms with Crippen molar-refractivity contribution >= 4 is 32.9 Å². The van der Waals surface area contributed by atoms with Crippen LogP contribution in [0.5, 0.6) is 0 Å². The fourth-order valence-electron chi connectivity index (χ4n) is 3.28. The van der Waals surface area contributed by atoms with Crippen molar-refractivity contribution in [2.45, 2.75) is 11.3 Å². The van der Waals surface area contributed by atoms with Crippen molar-refractivity contribution in [1.82, 2.24) is 9.84 Å². The molecule has 1 aliphatic heterocycles. The first-order valence-corrected chi connectivity index (χ1v) is 10.9. The van der Waals surface area contributed by atoms with Crippen LogP contribution in [0, 0.1) is 5.82 Å². The molecular weight excluding hydrogens is 411 g/mol. The van der Waals surface area contributed by atoms with Crippen molar-refractivity contribution in [2.24, 2.45) is 0 Å². The summed E-state index contributed by atoms with van der Waals surface area (Å²) in [6.07, 6.45) is 0.523. The number of hydrogen-bond donors (Lipinski definition) is 1. The topological polar surface area (TPSA) is 49.4 Å². The lowest BCUT2D eigenvalue weighted by atomic mass is 9.96. The van der Waals surface area contributed by atoms with Gasteiger partial charge in [-0.25, -0.2) is 12.8 Å². The van der Waals surface area contributed by atoms with Gasteiger partial charge in [0.1, 0.15) is 5.82 Å². The number of hydrazine groups is 1. The molecule has 0 saturated carbocycles. The predicted molar refractivity (Wildman–Crippen MR) is 113 cm³/mol. The fraction of sp³-hybridized carbons (Fsp3) is 0.0909. The number of halogens is 2. The van der Waals surface area contributed by atoms with E-state index < -0.39 is 15.8 Å². The van der Waals surface area contributed by atoms with E-state index in [9.17, 15) is 12.8 Å². The number of hydrogen-bond acceptors (Lipinski definition) is 3. The molecule has 1 N–H and O–H groups in total. The Morgan fingerprint density at radius 3 is 2.17 bits per heavy atom. The molecule has 29 heavy (non-hydrogen) atoms. The van der Waals surface area contributed by atoms with Gasteiger partial charge in [0.05, 0.1) is 10.6 Å². The summed E-state index contributed by atoms with van der Waals surface area (Å²) in [4.78, 5) is 0.0324. The molecule has 0 radical (unpaired) electrons. The van der Waals surface area contributed by atoms with Crippen LogP contribution in [-0.4, -0.2) is 19.4 Å². The molecule has 0 aromatic heterocycles. The number of benzene rings is 3. The van der Waals surface area contributed by atoms with Crippen LogP contribution in [0.15, 0.2) is 83.8 Å². The second kappa shape index (κ2) is 7.99. The van der Waals surface area contributed by atoms with E-state index in [4.69, 9.17) is 11.6 Å². The molecule has 7 heteroatoms. The van der Waals surface area contributed by atoms with Crippen LogP contribution < -0.4 is 5.43 Å². The fourth-order valence-corrected chi connectivity index (χ4v) is 4.69. The van der Waals surface area contributed by atoms with Gasteiger partial charge < -0.3 is 5.43 Å². The smallest absolute Gasteiger partial charge is 0.259 e. The van der Waals surface area contributed by atoms with Gasteiger partial charge in [0.2, 0.25) is 0 Å². The van der Waals surface area contributed by atoms with E-state index in [0.29, 0.717) is 17.1 Å². The minimum atomic E-state index is -3.84. The number of sulfonamides is 1. The SMILES string of the molecule is O=S(=O)(c1ccc(F)cc1)N1CCC(c2ccccc2)=C(c2ccc(Cl)cc2)N1. The van der Waals surface area contributed by atoms with Gasteiger partial charge in [-0.3, -0.25) is 0 Å². The summed E-state index contributed by atoms with van der Waals surface area (Å²) < 4.78 is 40.6. The quantitative estimate of drug-likeness (QED) is 0.639. The van der Waals surface area contributed by atoms with Crippen LogP contribution in [0.4, 0.5) is 4.39 Å². The van der Waals surface area contributed by atoms with E-state index in [1.165, 1.54) is 16.5 Å². The molecule has 0 aliphatic carbocycles. The van der Waals surface area contributed by atoms with Crippen molar-refractivity contribution in [3.05, 3.63) is 101 Å². The van der Waals surface area contributed by atoms with Crippen LogP contribution in [-0.2, 0) is 10.0 Å². The van der Waals surface area contributed by atoms with Crippen LogP contribution in [0.2, 0.25) is 5.02 Å². The minimum absolute atomic E-state index is 0.0324. The van der Waals surface area contributed by atoms with Gasteiger partial charge >= 0.3 is 0 Å². The van der Waals surface area contributed by atoms with Gasteiger partial charge in [0, 0.05) is 11.6 Å². The van der Waals surface area contributed by atoms with E-state index in [2.05, 4.69) is 5.43 Å². The second-order valence-corrected chi connectivity index (χ2v) is 8.92. The van der Waals surface area contributed by atoms with Gasteiger partial charge in [0.15, 0.2) is 0 Å². The highest BCUT2D eigenvalue weighted by Gasteiger charge is 2.30.